The van der Waals surface area contributed by atoms with E-state index in [1.807, 2.05) is 37.3 Å². The van der Waals surface area contributed by atoms with Gasteiger partial charge < -0.3 is 15.4 Å². The number of ether oxygens (including phenoxy) is 1. The summed E-state index contributed by atoms with van der Waals surface area (Å²) in [6, 6.07) is 9.67. The second kappa shape index (κ2) is 7.67. The highest BCUT2D eigenvalue weighted by atomic mass is 16.6. The van der Waals surface area contributed by atoms with Gasteiger partial charge in [0.1, 0.15) is 5.60 Å². The molecule has 0 spiro atoms. The molecule has 1 aromatic rings. The number of carbonyl (C=O) groups is 2. The largest absolute Gasteiger partial charge is 0.444 e. The van der Waals surface area contributed by atoms with Crippen LogP contribution < -0.4 is 10.6 Å². The van der Waals surface area contributed by atoms with E-state index in [0.29, 0.717) is 0 Å². The molecular formula is C16H24N2O3. The van der Waals surface area contributed by atoms with E-state index in [4.69, 9.17) is 4.74 Å². The molecule has 1 atom stereocenters. The lowest BCUT2D eigenvalue weighted by molar-refractivity contribution is -0.121. The molecule has 0 saturated heterocycles. The average Bonchev–Trinajstić information content (AvgIpc) is 2.37. The number of hydrogen-bond donors (Lipinski definition) is 2. The Labute approximate surface area is 126 Å². The summed E-state index contributed by atoms with van der Waals surface area (Å²) in [4.78, 5) is 23.2. The summed E-state index contributed by atoms with van der Waals surface area (Å²) >= 11 is 0. The Bertz CT molecular complexity index is 466. The normalized spacial score (nSPS) is 12.4. The molecule has 0 aromatic heterocycles. The van der Waals surface area contributed by atoms with E-state index in [2.05, 4.69) is 10.6 Å². The van der Waals surface area contributed by atoms with E-state index in [9.17, 15) is 9.59 Å². The Balaban J connectivity index is 2.27. The summed E-state index contributed by atoms with van der Waals surface area (Å²) in [6.07, 6.45) is -0.289. The summed E-state index contributed by atoms with van der Waals surface area (Å²) < 4.78 is 5.09. The summed E-state index contributed by atoms with van der Waals surface area (Å²) in [6.45, 7) is 7.55. The molecule has 0 saturated carbocycles. The zero-order chi connectivity index (χ0) is 15.9. The first-order valence-corrected chi connectivity index (χ1v) is 7.09. The first-order valence-electron chi connectivity index (χ1n) is 7.09. The monoisotopic (exact) mass is 292 g/mol. The maximum absolute atomic E-state index is 11.8. The van der Waals surface area contributed by atoms with Gasteiger partial charge in [0.25, 0.3) is 0 Å². The maximum Gasteiger partial charge on any atom is 0.407 e. The minimum Gasteiger partial charge on any atom is -0.444 e. The first kappa shape index (κ1) is 17.0. The number of benzene rings is 1. The number of hydrogen-bond acceptors (Lipinski definition) is 3. The molecule has 0 fully saturated rings. The minimum atomic E-state index is -0.534. The Hall–Kier alpha value is -2.04. The third kappa shape index (κ3) is 7.34. The minimum absolute atomic E-state index is 0.0553. The Morgan fingerprint density at radius 2 is 1.81 bits per heavy atom. The molecule has 116 valence electrons. The third-order valence-electron chi connectivity index (χ3n) is 2.70. The quantitative estimate of drug-likeness (QED) is 0.877. The van der Waals surface area contributed by atoms with Crippen LogP contribution in [-0.4, -0.2) is 24.1 Å². The van der Waals surface area contributed by atoms with Crippen molar-refractivity contribution in [3.63, 3.8) is 0 Å². The smallest absolute Gasteiger partial charge is 0.407 e. The van der Waals surface area contributed by atoms with Gasteiger partial charge in [-0.25, -0.2) is 4.79 Å². The van der Waals surface area contributed by atoms with Crippen molar-refractivity contribution in [1.82, 2.24) is 10.6 Å². The summed E-state index contributed by atoms with van der Waals surface area (Å²) in [5.41, 5.74) is 0.514. The molecule has 5 nitrogen and oxygen atoms in total. The molecule has 0 bridgehead atoms. The van der Waals surface area contributed by atoms with Crippen molar-refractivity contribution in [2.45, 2.75) is 45.8 Å². The van der Waals surface area contributed by atoms with Gasteiger partial charge in [-0.15, -0.1) is 0 Å². The van der Waals surface area contributed by atoms with Crippen LogP contribution in [0.2, 0.25) is 0 Å². The van der Waals surface area contributed by atoms with E-state index >= 15 is 0 Å². The van der Waals surface area contributed by atoms with Crippen LogP contribution in [0.15, 0.2) is 30.3 Å². The van der Waals surface area contributed by atoms with Crippen molar-refractivity contribution in [3.8, 4) is 0 Å². The van der Waals surface area contributed by atoms with Crippen LogP contribution in [0.5, 0.6) is 0 Å². The molecule has 0 radical (unpaired) electrons. The Morgan fingerprint density at radius 3 is 2.38 bits per heavy atom. The fourth-order valence-corrected chi connectivity index (χ4v) is 1.73. The lowest BCUT2D eigenvalue weighted by Gasteiger charge is -2.19. The van der Waals surface area contributed by atoms with Gasteiger partial charge in [-0.3, -0.25) is 4.79 Å². The standard InChI is InChI=1S/C16H24N2O3/c1-12(13-8-6-5-7-9-13)18-14(19)10-11-17-15(20)21-16(2,3)4/h5-9,12H,10-11H2,1-4H3,(H,17,20)(H,18,19)/t12-/m0/s1. The van der Waals surface area contributed by atoms with Gasteiger partial charge in [-0.1, -0.05) is 30.3 Å². The van der Waals surface area contributed by atoms with E-state index in [1.54, 1.807) is 20.8 Å². The van der Waals surface area contributed by atoms with Gasteiger partial charge in [0, 0.05) is 13.0 Å². The van der Waals surface area contributed by atoms with Crippen LogP contribution in [0.4, 0.5) is 4.79 Å². The molecule has 0 aliphatic rings. The number of carbonyl (C=O) groups excluding carboxylic acids is 2. The SMILES string of the molecule is C[C@H](NC(=O)CCNC(=O)OC(C)(C)C)c1ccccc1. The predicted octanol–water partition coefficient (Wildman–Crippen LogP) is 2.78. The zero-order valence-electron chi connectivity index (χ0n) is 13.1. The average molecular weight is 292 g/mol. The topological polar surface area (TPSA) is 67.4 Å². The molecule has 1 rings (SSSR count). The van der Waals surface area contributed by atoms with Gasteiger partial charge in [0.05, 0.1) is 6.04 Å². The van der Waals surface area contributed by atoms with Crippen LogP contribution in [0.3, 0.4) is 0 Å². The van der Waals surface area contributed by atoms with Crippen LogP contribution in [0.25, 0.3) is 0 Å². The first-order chi connectivity index (χ1) is 9.78. The van der Waals surface area contributed by atoms with Crippen molar-refractivity contribution in [2.75, 3.05) is 6.54 Å². The highest BCUT2D eigenvalue weighted by molar-refractivity contribution is 5.77. The number of amides is 2. The van der Waals surface area contributed by atoms with E-state index in [0.717, 1.165) is 5.56 Å². The number of rotatable bonds is 5. The molecule has 2 amide bonds. The Kier molecular flexibility index (Phi) is 6.21. The van der Waals surface area contributed by atoms with Crippen LogP contribution in [-0.2, 0) is 9.53 Å². The van der Waals surface area contributed by atoms with Gasteiger partial charge >= 0.3 is 6.09 Å². The lowest BCUT2D eigenvalue weighted by atomic mass is 10.1. The van der Waals surface area contributed by atoms with Gasteiger partial charge in [-0.05, 0) is 33.3 Å². The summed E-state index contributed by atoms with van der Waals surface area (Å²) in [7, 11) is 0. The molecule has 2 N–H and O–H groups in total. The molecule has 21 heavy (non-hydrogen) atoms. The molecule has 1 aromatic carbocycles. The van der Waals surface area contributed by atoms with Crippen LogP contribution in [0, 0.1) is 0 Å². The molecule has 0 aliphatic heterocycles. The van der Waals surface area contributed by atoms with Crippen LogP contribution >= 0.6 is 0 Å². The fourth-order valence-electron chi connectivity index (χ4n) is 1.73. The van der Waals surface area contributed by atoms with Crippen molar-refractivity contribution in [2.24, 2.45) is 0 Å². The highest BCUT2D eigenvalue weighted by Crippen LogP contribution is 2.11. The molecule has 5 heteroatoms. The second-order valence-electron chi connectivity index (χ2n) is 5.88. The Morgan fingerprint density at radius 1 is 1.19 bits per heavy atom. The van der Waals surface area contributed by atoms with E-state index in [1.165, 1.54) is 0 Å². The third-order valence-corrected chi connectivity index (χ3v) is 2.70. The molecule has 0 unspecified atom stereocenters. The van der Waals surface area contributed by atoms with Crippen molar-refractivity contribution in [3.05, 3.63) is 35.9 Å². The van der Waals surface area contributed by atoms with E-state index in [-0.39, 0.29) is 24.9 Å². The lowest BCUT2D eigenvalue weighted by Crippen LogP contribution is -2.35. The fraction of sp³-hybridized carbons (Fsp3) is 0.500. The summed E-state index contributed by atoms with van der Waals surface area (Å²) in [5, 5.41) is 5.45. The highest BCUT2D eigenvalue weighted by Gasteiger charge is 2.16. The molecular weight excluding hydrogens is 268 g/mol. The zero-order valence-corrected chi connectivity index (χ0v) is 13.1. The number of nitrogens with one attached hydrogen (secondary N) is 2. The van der Waals surface area contributed by atoms with Gasteiger partial charge in [-0.2, -0.15) is 0 Å². The van der Waals surface area contributed by atoms with Crippen molar-refractivity contribution >= 4 is 12.0 Å². The summed E-state index contributed by atoms with van der Waals surface area (Å²) in [5.74, 6) is -0.109. The molecule has 0 heterocycles. The predicted molar refractivity (Wildman–Crippen MR) is 81.9 cm³/mol. The van der Waals surface area contributed by atoms with Crippen molar-refractivity contribution < 1.29 is 14.3 Å². The van der Waals surface area contributed by atoms with Crippen LogP contribution in [0.1, 0.15) is 45.7 Å². The van der Waals surface area contributed by atoms with Gasteiger partial charge in [0.15, 0.2) is 0 Å². The van der Waals surface area contributed by atoms with Crippen molar-refractivity contribution in [1.29, 1.82) is 0 Å². The molecule has 0 aliphatic carbocycles. The maximum atomic E-state index is 11.8. The number of alkyl carbamates (subject to hydrolysis) is 1. The van der Waals surface area contributed by atoms with Gasteiger partial charge in [0.2, 0.25) is 5.91 Å². The second-order valence-corrected chi connectivity index (χ2v) is 5.88. The van der Waals surface area contributed by atoms with E-state index < -0.39 is 11.7 Å².